The number of nitrogens with two attached hydrogens (primary N) is 1. The minimum Gasteiger partial charge on any atom is -0.342 e. The smallest absolute Gasteiger partial charge is 0.253 e. The molecule has 0 bridgehead atoms. The van der Waals surface area contributed by atoms with E-state index in [-0.39, 0.29) is 24.4 Å². The summed E-state index contributed by atoms with van der Waals surface area (Å²) in [5, 5.41) is 0. The molecule has 0 heterocycles. The number of halogens is 1. The van der Waals surface area contributed by atoms with Crippen LogP contribution in [0.4, 0.5) is 0 Å². The first kappa shape index (κ1) is 17.9. The normalized spacial score (nSPS) is 11.9. The molecular weight excluding hydrogens is 260 g/mol. The van der Waals surface area contributed by atoms with Gasteiger partial charge in [0.2, 0.25) is 0 Å². The van der Waals surface area contributed by atoms with E-state index in [4.69, 9.17) is 5.73 Å². The van der Waals surface area contributed by atoms with Crippen molar-refractivity contribution in [3.05, 3.63) is 35.4 Å². The van der Waals surface area contributed by atoms with Crippen LogP contribution in [0.5, 0.6) is 0 Å². The summed E-state index contributed by atoms with van der Waals surface area (Å²) in [7, 11) is 1.84. The highest BCUT2D eigenvalue weighted by atomic mass is 35.5. The van der Waals surface area contributed by atoms with Crippen molar-refractivity contribution in [2.75, 3.05) is 13.6 Å². The second-order valence-electron chi connectivity index (χ2n) is 5.24. The SMILES string of the molecule is Cc1ccccc1C(=O)N(C)CCC(N)C(C)C.Cl. The molecule has 1 amide bonds. The molecule has 0 fully saturated rings. The van der Waals surface area contributed by atoms with Gasteiger partial charge in [0.1, 0.15) is 0 Å². The van der Waals surface area contributed by atoms with Crippen LogP contribution in [-0.2, 0) is 0 Å². The summed E-state index contributed by atoms with van der Waals surface area (Å²) in [6.07, 6.45) is 0.839. The Hall–Kier alpha value is -1.06. The lowest BCUT2D eigenvalue weighted by atomic mass is 10.0. The van der Waals surface area contributed by atoms with Crippen molar-refractivity contribution >= 4 is 18.3 Å². The zero-order chi connectivity index (χ0) is 13.7. The van der Waals surface area contributed by atoms with Crippen molar-refractivity contribution in [3.63, 3.8) is 0 Å². The minimum absolute atomic E-state index is 0. The quantitative estimate of drug-likeness (QED) is 0.904. The third-order valence-corrected chi connectivity index (χ3v) is 3.38. The second kappa shape index (κ2) is 8.18. The van der Waals surface area contributed by atoms with Crippen LogP contribution in [0, 0.1) is 12.8 Å². The first-order valence-corrected chi connectivity index (χ1v) is 6.50. The van der Waals surface area contributed by atoms with E-state index in [0.29, 0.717) is 12.5 Å². The first-order valence-electron chi connectivity index (χ1n) is 6.50. The highest BCUT2D eigenvalue weighted by Gasteiger charge is 2.15. The number of aryl methyl sites for hydroxylation is 1. The fourth-order valence-corrected chi connectivity index (χ4v) is 1.80. The summed E-state index contributed by atoms with van der Waals surface area (Å²) in [6.45, 7) is 6.87. The average molecular weight is 285 g/mol. The van der Waals surface area contributed by atoms with Crippen LogP contribution >= 0.6 is 12.4 Å². The Balaban J connectivity index is 0.00000324. The minimum atomic E-state index is 0. The predicted octanol–water partition coefficient (Wildman–Crippen LogP) is 2.86. The third-order valence-electron chi connectivity index (χ3n) is 3.38. The number of carbonyl (C=O) groups is 1. The molecule has 4 heteroatoms. The molecule has 0 spiro atoms. The first-order chi connectivity index (χ1) is 8.43. The fourth-order valence-electron chi connectivity index (χ4n) is 1.80. The molecule has 0 saturated heterocycles. The van der Waals surface area contributed by atoms with Gasteiger partial charge in [-0.2, -0.15) is 0 Å². The number of amides is 1. The standard InChI is InChI=1S/C15H24N2O.ClH/c1-11(2)14(16)9-10-17(4)15(18)13-8-6-5-7-12(13)3;/h5-8,11,14H,9-10,16H2,1-4H3;1H. The Labute approximate surface area is 122 Å². The fraction of sp³-hybridized carbons (Fsp3) is 0.533. The van der Waals surface area contributed by atoms with Gasteiger partial charge in [-0.3, -0.25) is 4.79 Å². The van der Waals surface area contributed by atoms with Gasteiger partial charge in [0.25, 0.3) is 5.91 Å². The zero-order valence-corrected chi connectivity index (χ0v) is 13.0. The van der Waals surface area contributed by atoms with Crippen molar-refractivity contribution in [3.8, 4) is 0 Å². The molecule has 2 N–H and O–H groups in total. The van der Waals surface area contributed by atoms with Gasteiger partial charge in [-0.1, -0.05) is 32.0 Å². The van der Waals surface area contributed by atoms with Crippen LogP contribution in [0.2, 0.25) is 0 Å². The Morgan fingerprint density at radius 3 is 2.42 bits per heavy atom. The molecule has 1 atom stereocenters. The van der Waals surface area contributed by atoms with Crippen molar-refractivity contribution in [2.24, 2.45) is 11.7 Å². The molecule has 0 aliphatic rings. The van der Waals surface area contributed by atoms with E-state index in [1.165, 1.54) is 0 Å². The Bertz CT molecular complexity index is 407. The molecule has 3 nitrogen and oxygen atoms in total. The number of benzene rings is 1. The Morgan fingerprint density at radius 2 is 1.89 bits per heavy atom. The molecule has 0 aromatic heterocycles. The Kier molecular flexibility index (Phi) is 7.72. The predicted molar refractivity (Wildman–Crippen MR) is 82.8 cm³/mol. The molecule has 1 aromatic carbocycles. The van der Waals surface area contributed by atoms with Gasteiger partial charge in [0.15, 0.2) is 0 Å². The van der Waals surface area contributed by atoms with E-state index in [1.54, 1.807) is 4.90 Å². The summed E-state index contributed by atoms with van der Waals surface area (Å²) in [5.74, 6) is 0.524. The van der Waals surface area contributed by atoms with Crippen LogP contribution < -0.4 is 5.73 Å². The van der Waals surface area contributed by atoms with E-state index in [1.807, 2.05) is 38.2 Å². The van der Waals surface area contributed by atoms with Crippen LogP contribution in [-0.4, -0.2) is 30.4 Å². The van der Waals surface area contributed by atoms with E-state index < -0.39 is 0 Å². The van der Waals surface area contributed by atoms with Crippen LogP contribution in [0.3, 0.4) is 0 Å². The van der Waals surface area contributed by atoms with Crippen LogP contribution in [0.25, 0.3) is 0 Å². The molecule has 1 rings (SSSR count). The largest absolute Gasteiger partial charge is 0.342 e. The monoisotopic (exact) mass is 284 g/mol. The van der Waals surface area contributed by atoms with Crippen molar-refractivity contribution in [1.29, 1.82) is 0 Å². The lowest BCUT2D eigenvalue weighted by Crippen LogP contribution is -2.34. The van der Waals surface area contributed by atoms with Crippen LogP contribution in [0.1, 0.15) is 36.2 Å². The maximum Gasteiger partial charge on any atom is 0.253 e. The molecule has 19 heavy (non-hydrogen) atoms. The topological polar surface area (TPSA) is 46.3 Å². The summed E-state index contributed by atoms with van der Waals surface area (Å²) in [6, 6.07) is 7.82. The lowest BCUT2D eigenvalue weighted by Gasteiger charge is -2.22. The van der Waals surface area contributed by atoms with Gasteiger partial charge >= 0.3 is 0 Å². The Morgan fingerprint density at radius 1 is 1.32 bits per heavy atom. The van der Waals surface area contributed by atoms with Crippen molar-refractivity contribution in [2.45, 2.75) is 33.2 Å². The zero-order valence-electron chi connectivity index (χ0n) is 12.2. The van der Waals surface area contributed by atoms with Gasteiger partial charge in [-0.15, -0.1) is 12.4 Å². The molecular formula is C15H25ClN2O. The van der Waals surface area contributed by atoms with Crippen molar-refractivity contribution < 1.29 is 4.79 Å². The maximum atomic E-state index is 12.2. The number of rotatable bonds is 5. The highest BCUT2D eigenvalue weighted by molar-refractivity contribution is 5.95. The lowest BCUT2D eigenvalue weighted by molar-refractivity contribution is 0.0788. The molecule has 0 saturated carbocycles. The van der Waals surface area contributed by atoms with Gasteiger partial charge in [0.05, 0.1) is 0 Å². The van der Waals surface area contributed by atoms with Crippen molar-refractivity contribution in [1.82, 2.24) is 4.90 Å². The molecule has 0 aliphatic carbocycles. The van der Waals surface area contributed by atoms with Gasteiger partial charge in [-0.25, -0.2) is 0 Å². The molecule has 0 aliphatic heterocycles. The molecule has 1 aromatic rings. The highest BCUT2D eigenvalue weighted by Crippen LogP contribution is 2.11. The van der Waals surface area contributed by atoms with E-state index >= 15 is 0 Å². The van der Waals surface area contributed by atoms with Gasteiger partial charge in [-0.05, 0) is 30.9 Å². The van der Waals surface area contributed by atoms with Gasteiger partial charge in [0, 0.05) is 25.2 Å². The maximum absolute atomic E-state index is 12.2. The third kappa shape index (κ3) is 5.21. The summed E-state index contributed by atoms with van der Waals surface area (Å²) in [5.41, 5.74) is 7.79. The molecule has 108 valence electrons. The summed E-state index contributed by atoms with van der Waals surface area (Å²) in [4.78, 5) is 14.0. The van der Waals surface area contributed by atoms with E-state index in [2.05, 4.69) is 13.8 Å². The summed E-state index contributed by atoms with van der Waals surface area (Å²) < 4.78 is 0. The molecule has 1 unspecified atom stereocenters. The van der Waals surface area contributed by atoms with E-state index in [0.717, 1.165) is 17.5 Å². The number of hydrogen-bond acceptors (Lipinski definition) is 2. The summed E-state index contributed by atoms with van der Waals surface area (Å²) >= 11 is 0. The second-order valence-corrected chi connectivity index (χ2v) is 5.24. The van der Waals surface area contributed by atoms with Crippen LogP contribution in [0.15, 0.2) is 24.3 Å². The molecule has 0 radical (unpaired) electrons. The number of carbonyl (C=O) groups excluding carboxylic acids is 1. The van der Waals surface area contributed by atoms with Gasteiger partial charge < -0.3 is 10.6 Å². The van der Waals surface area contributed by atoms with E-state index in [9.17, 15) is 4.79 Å². The average Bonchev–Trinajstić information content (AvgIpc) is 2.35. The number of hydrogen-bond donors (Lipinski definition) is 1. The number of nitrogens with zero attached hydrogens (tertiary/aromatic N) is 1.